The molecule has 0 heterocycles. The Morgan fingerprint density at radius 2 is 1.76 bits per heavy atom. The van der Waals surface area contributed by atoms with Crippen LogP contribution in [0.2, 0.25) is 5.02 Å². The number of rotatable bonds is 4. The highest BCUT2D eigenvalue weighted by Gasteiger charge is 2.17. The minimum absolute atomic E-state index is 0.0494. The quantitative estimate of drug-likeness (QED) is 0.903. The van der Waals surface area contributed by atoms with Crippen LogP contribution >= 0.6 is 11.6 Å². The lowest BCUT2D eigenvalue weighted by molar-refractivity contribution is 0.0696. The van der Waals surface area contributed by atoms with Gasteiger partial charge in [0, 0.05) is 5.02 Å². The zero-order chi connectivity index (χ0) is 15.6. The SMILES string of the molecule is O=C(O)c1ccc(S(=O)(=O)Nc2ccc(Cl)cc2F)cc1. The molecule has 2 rings (SSSR count). The molecule has 21 heavy (non-hydrogen) atoms. The van der Waals surface area contributed by atoms with Crippen LogP contribution in [0, 0.1) is 5.82 Å². The van der Waals surface area contributed by atoms with Crippen LogP contribution in [0.3, 0.4) is 0 Å². The Bertz CT molecular complexity index is 790. The van der Waals surface area contributed by atoms with E-state index in [-0.39, 0.29) is 21.2 Å². The lowest BCUT2D eigenvalue weighted by atomic mass is 10.2. The van der Waals surface area contributed by atoms with E-state index in [1.807, 2.05) is 0 Å². The number of sulfonamides is 1. The monoisotopic (exact) mass is 329 g/mol. The Morgan fingerprint density at radius 1 is 1.14 bits per heavy atom. The average molecular weight is 330 g/mol. The lowest BCUT2D eigenvalue weighted by Gasteiger charge is -2.09. The van der Waals surface area contributed by atoms with E-state index in [2.05, 4.69) is 4.72 Å². The van der Waals surface area contributed by atoms with Crippen LogP contribution in [0.5, 0.6) is 0 Å². The van der Waals surface area contributed by atoms with E-state index in [0.717, 1.165) is 30.3 Å². The van der Waals surface area contributed by atoms with Crippen molar-refractivity contribution in [2.75, 3.05) is 4.72 Å². The molecule has 8 heteroatoms. The topological polar surface area (TPSA) is 83.5 Å². The fourth-order valence-corrected chi connectivity index (χ4v) is 2.78. The number of carboxylic acids is 1. The van der Waals surface area contributed by atoms with E-state index in [9.17, 15) is 17.6 Å². The molecule has 2 N–H and O–H groups in total. The third-order valence-corrected chi connectivity index (χ3v) is 4.20. The van der Waals surface area contributed by atoms with Crippen LogP contribution < -0.4 is 4.72 Å². The Labute approximate surface area is 125 Å². The number of carbonyl (C=O) groups is 1. The lowest BCUT2D eigenvalue weighted by Crippen LogP contribution is -2.14. The maximum Gasteiger partial charge on any atom is 0.335 e. The molecule has 0 aliphatic carbocycles. The van der Waals surface area contributed by atoms with Gasteiger partial charge in [-0.3, -0.25) is 4.72 Å². The number of halogens is 2. The van der Waals surface area contributed by atoms with Gasteiger partial charge in [0.15, 0.2) is 0 Å². The van der Waals surface area contributed by atoms with Crippen molar-refractivity contribution < 1.29 is 22.7 Å². The van der Waals surface area contributed by atoms with E-state index in [1.54, 1.807) is 0 Å². The number of benzene rings is 2. The predicted molar refractivity (Wildman–Crippen MR) is 75.6 cm³/mol. The molecule has 0 spiro atoms. The molecule has 0 aliphatic heterocycles. The van der Waals surface area contributed by atoms with Crippen molar-refractivity contribution in [1.82, 2.24) is 0 Å². The maximum absolute atomic E-state index is 13.6. The second kappa shape index (κ2) is 5.71. The molecule has 2 aromatic rings. The number of anilines is 1. The minimum Gasteiger partial charge on any atom is -0.478 e. The van der Waals surface area contributed by atoms with Gasteiger partial charge in [0.1, 0.15) is 5.82 Å². The van der Waals surface area contributed by atoms with Gasteiger partial charge in [-0.05, 0) is 42.5 Å². The van der Waals surface area contributed by atoms with E-state index < -0.39 is 21.8 Å². The standard InChI is InChI=1S/C13H9ClFNO4S/c14-9-3-6-12(11(15)7-9)16-21(19,20)10-4-1-8(2-5-10)13(17)18/h1-7,16H,(H,17,18). The predicted octanol–water partition coefficient (Wildman–Crippen LogP) is 2.98. The summed E-state index contributed by atoms with van der Waals surface area (Å²) in [5, 5.41) is 8.89. The zero-order valence-corrected chi connectivity index (χ0v) is 12.0. The van der Waals surface area contributed by atoms with Crippen molar-refractivity contribution >= 4 is 33.3 Å². The second-order valence-electron chi connectivity index (χ2n) is 4.06. The first-order valence-corrected chi connectivity index (χ1v) is 7.47. The van der Waals surface area contributed by atoms with Gasteiger partial charge in [-0.15, -0.1) is 0 Å². The number of hydrogen-bond donors (Lipinski definition) is 2. The summed E-state index contributed by atoms with van der Waals surface area (Å²) in [6.45, 7) is 0. The summed E-state index contributed by atoms with van der Waals surface area (Å²) in [5.41, 5.74) is -0.298. The Balaban J connectivity index is 2.31. The number of carboxylic acid groups (broad SMARTS) is 1. The molecule has 0 unspecified atom stereocenters. The van der Waals surface area contributed by atoms with E-state index in [0.29, 0.717) is 0 Å². The summed E-state index contributed by atoms with van der Waals surface area (Å²) in [6, 6.07) is 8.06. The molecular formula is C13H9ClFNO4S. The van der Waals surface area contributed by atoms with Crippen LogP contribution in [0.25, 0.3) is 0 Å². The van der Waals surface area contributed by atoms with Gasteiger partial charge in [-0.25, -0.2) is 17.6 Å². The average Bonchev–Trinajstić information content (AvgIpc) is 2.42. The number of aromatic carboxylic acids is 1. The summed E-state index contributed by atoms with van der Waals surface area (Å²) in [6.07, 6.45) is 0. The molecular weight excluding hydrogens is 321 g/mol. The van der Waals surface area contributed by atoms with Crippen molar-refractivity contribution in [3.05, 3.63) is 58.9 Å². The molecule has 110 valence electrons. The molecule has 0 radical (unpaired) electrons. The molecule has 0 aromatic heterocycles. The molecule has 2 aromatic carbocycles. The summed E-state index contributed by atoms with van der Waals surface area (Å²) >= 11 is 5.58. The van der Waals surface area contributed by atoms with Crippen molar-refractivity contribution in [2.45, 2.75) is 4.90 Å². The zero-order valence-electron chi connectivity index (χ0n) is 10.4. The summed E-state index contributed by atoms with van der Waals surface area (Å²) in [7, 11) is -4.02. The molecule has 0 amide bonds. The highest BCUT2D eigenvalue weighted by Crippen LogP contribution is 2.22. The van der Waals surface area contributed by atoms with Gasteiger partial charge >= 0.3 is 5.97 Å². The Kier molecular flexibility index (Phi) is 4.15. The first kappa shape index (κ1) is 15.3. The molecule has 0 saturated carbocycles. The van der Waals surface area contributed by atoms with Crippen LogP contribution in [0.15, 0.2) is 47.4 Å². The third-order valence-electron chi connectivity index (χ3n) is 2.59. The maximum atomic E-state index is 13.6. The summed E-state index contributed by atoms with van der Waals surface area (Å²) in [4.78, 5) is 10.5. The number of hydrogen-bond acceptors (Lipinski definition) is 3. The minimum atomic E-state index is -4.02. The fourth-order valence-electron chi connectivity index (χ4n) is 1.55. The highest BCUT2D eigenvalue weighted by atomic mass is 35.5. The van der Waals surface area contributed by atoms with Crippen molar-refractivity contribution in [3.63, 3.8) is 0 Å². The largest absolute Gasteiger partial charge is 0.478 e. The van der Waals surface area contributed by atoms with Crippen LogP contribution in [-0.4, -0.2) is 19.5 Å². The molecule has 5 nitrogen and oxygen atoms in total. The smallest absolute Gasteiger partial charge is 0.335 e. The fraction of sp³-hybridized carbons (Fsp3) is 0. The van der Waals surface area contributed by atoms with Gasteiger partial charge in [-0.2, -0.15) is 0 Å². The van der Waals surface area contributed by atoms with E-state index in [4.69, 9.17) is 16.7 Å². The molecule has 0 atom stereocenters. The first-order valence-electron chi connectivity index (χ1n) is 5.61. The molecule has 0 aliphatic rings. The van der Waals surface area contributed by atoms with E-state index >= 15 is 0 Å². The van der Waals surface area contributed by atoms with Gasteiger partial charge in [0.25, 0.3) is 10.0 Å². The van der Waals surface area contributed by atoms with Gasteiger partial charge in [0.05, 0.1) is 16.1 Å². The molecule has 0 fully saturated rings. The first-order chi connectivity index (χ1) is 9.79. The van der Waals surface area contributed by atoms with E-state index in [1.165, 1.54) is 12.1 Å². The van der Waals surface area contributed by atoms with Crippen LogP contribution in [0.4, 0.5) is 10.1 Å². The van der Waals surface area contributed by atoms with Gasteiger partial charge in [-0.1, -0.05) is 11.6 Å². The van der Waals surface area contributed by atoms with Crippen LogP contribution in [0.1, 0.15) is 10.4 Å². The molecule has 0 saturated heterocycles. The molecule has 0 bridgehead atoms. The third kappa shape index (κ3) is 3.50. The highest BCUT2D eigenvalue weighted by molar-refractivity contribution is 7.92. The van der Waals surface area contributed by atoms with Crippen LogP contribution in [-0.2, 0) is 10.0 Å². The van der Waals surface area contributed by atoms with Gasteiger partial charge in [0.2, 0.25) is 0 Å². The number of nitrogens with one attached hydrogen (secondary N) is 1. The van der Waals surface area contributed by atoms with Crippen molar-refractivity contribution in [2.24, 2.45) is 0 Å². The Hall–Kier alpha value is -2.12. The van der Waals surface area contributed by atoms with Crippen molar-refractivity contribution in [3.8, 4) is 0 Å². The normalized spacial score (nSPS) is 11.1. The Morgan fingerprint density at radius 3 is 2.29 bits per heavy atom. The summed E-state index contributed by atoms with van der Waals surface area (Å²) < 4.78 is 39.8. The second-order valence-corrected chi connectivity index (χ2v) is 6.18. The van der Waals surface area contributed by atoms with Crippen molar-refractivity contribution in [1.29, 1.82) is 0 Å². The van der Waals surface area contributed by atoms with Gasteiger partial charge < -0.3 is 5.11 Å². The summed E-state index contributed by atoms with van der Waals surface area (Å²) in [5.74, 6) is -1.98.